The van der Waals surface area contributed by atoms with Gasteiger partial charge in [0, 0.05) is 22.8 Å². The normalized spacial score (nSPS) is 10.1. The number of nitrogens with two attached hydrogens (primary N) is 1. The molecule has 2 aromatic rings. The minimum atomic E-state index is 0.382. The van der Waals surface area contributed by atoms with E-state index in [0.717, 1.165) is 16.6 Å². The van der Waals surface area contributed by atoms with E-state index in [4.69, 9.17) is 11.0 Å². The molecule has 0 unspecified atom stereocenters. The van der Waals surface area contributed by atoms with Crippen molar-refractivity contribution in [3.63, 3.8) is 0 Å². The van der Waals surface area contributed by atoms with Crippen LogP contribution in [0.15, 0.2) is 30.5 Å². The van der Waals surface area contributed by atoms with Gasteiger partial charge in [0.05, 0.1) is 6.07 Å². The van der Waals surface area contributed by atoms with Crippen molar-refractivity contribution in [3.05, 3.63) is 30.5 Å². The van der Waals surface area contributed by atoms with Gasteiger partial charge in [-0.25, -0.2) is 0 Å². The molecule has 2 N–H and O–H groups in total. The quantitative estimate of drug-likeness (QED) is 0.664. The summed E-state index contributed by atoms with van der Waals surface area (Å²) in [6, 6.07) is 9.75. The van der Waals surface area contributed by atoms with Gasteiger partial charge < -0.3 is 10.3 Å². The highest BCUT2D eigenvalue weighted by Gasteiger charge is 1.99. The predicted octanol–water partition coefficient (Wildman–Crippen LogP) is 1.75. The van der Waals surface area contributed by atoms with E-state index in [1.54, 1.807) is 0 Å². The predicted molar refractivity (Wildman–Crippen MR) is 52.0 cm³/mol. The molecule has 0 aliphatic rings. The molecule has 1 aromatic carbocycles. The first-order valence-electron chi connectivity index (χ1n) is 4.02. The van der Waals surface area contributed by atoms with E-state index in [1.165, 1.54) is 0 Å². The molecule has 0 spiro atoms. The van der Waals surface area contributed by atoms with Crippen LogP contribution in [0.2, 0.25) is 0 Å². The average molecular weight is 171 g/mol. The van der Waals surface area contributed by atoms with E-state index in [9.17, 15) is 0 Å². The number of nitriles is 1. The third-order valence-corrected chi connectivity index (χ3v) is 2.04. The summed E-state index contributed by atoms with van der Waals surface area (Å²) >= 11 is 0. The molecule has 0 saturated carbocycles. The topological polar surface area (TPSA) is 54.7 Å². The van der Waals surface area contributed by atoms with Crippen LogP contribution in [-0.4, -0.2) is 4.57 Å². The molecule has 0 atom stereocenters. The third-order valence-electron chi connectivity index (χ3n) is 2.04. The summed E-state index contributed by atoms with van der Waals surface area (Å²) in [5.74, 6) is 0. The Morgan fingerprint density at radius 3 is 3.00 bits per heavy atom. The van der Waals surface area contributed by atoms with Crippen LogP contribution in [0.5, 0.6) is 0 Å². The zero-order valence-electron chi connectivity index (χ0n) is 7.07. The molecule has 0 bridgehead atoms. The summed E-state index contributed by atoms with van der Waals surface area (Å²) in [5.41, 5.74) is 7.44. The van der Waals surface area contributed by atoms with Crippen LogP contribution in [0, 0.1) is 11.3 Å². The van der Waals surface area contributed by atoms with Gasteiger partial charge in [0.25, 0.3) is 0 Å². The van der Waals surface area contributed by atoms with E-state index < -0.39 is 0 Å². The zero-order valence-corrected chi connectivity index (χ0v) is 7.07. The number of fused-ring (bicyclic) bond motifs is 1. The molecule has 1 heterocycles. The number of rotatable bonds is 1. The van der Waals surface area contributed by atoms with Gasteiger partial charge in [-0.05, 0) is 24.3 Å². The van der Waals surface area contributed by atoms with E-state index >= 15 is 0 Å². The fourth-order valence-electron chi connectivity index (χ4n) is 1.43. The van der Waals surface area contributed by atoms with Crippen LogP contribution in [-0.2, 0) is 6.54 Å². The largest absolute Gasteiger partial charge is 0.399 e. The number of benzene rings is 1. The van der Waals surface area contributed by atoms with Crippen LogP contribution >= 0.6 is 0 Å². The Kier molecular flexibility index (Phi) is 1.67. The number of nitrogen functional groups attached to an aromatic ring is 1. The van der Waals surface area contributed by atoms with E-state index in [-0.39, 0.29) is 0 Å². The molecular weight excluding hydrogens is 162 g/mol. The van der Waals surface area contributed by atoms with Gasteiger partial charge in [0.2, 0.25) is 0 Å². The van der Waals surface area contributed by atoms with Crippen molar-refractivity contribution in [2.24, 2.45) is 0 Å². The highest BCUT2D eigenvalue weighted by molar-refractivity contribution is 5.83. The monoisotopic (exact) mass is 171 g/mol. The molecule has 1 aromatic heterocycles. The SMILES string of the molecule is N#CCn1ccc2cc(N)ccc21. The lowest BCUT2D eigenvalue weighted by Gasteiger charge is -1.98. The van der Waals surface area contributed by atoms with Crippen LogP contribution in [0.1, 0.15) is 0 Å². The minimum Gasteiger partial charge on any atom is -0.399 e. The second-order valence-electron chi connectivity index (χ2n) is 2.92. The molecule has 2 rings (SSSR count). The number of hydrogen-bond acceptors (Lipinski definition) is 2. The number of aromatic nitrogens is 1. The van der Waals surface area contributed by atoms with Crippen molar-refractivity contribution in [2.45, 2.75) is 6.54 Å². The highest BCUT2D eigenvalue weighted by atomic mass is 14.9. The maximum atomic E-state index is 8.56. The van der Waals surface area contributed by atoms with Crippen LogP contribution in [0.25, 0.3) is 10.9 Å². The van der Waals surface area contributed by atoms with Crippen molar-refractivity contribution < 1.29 is 0 Å². The fourth-order valence-corrected chi connectivity index (χ4v) is 1.43. The highest BCUT2D eigenvalue weighted by Crippen LogP contribution is 2.18. The van der Waals surface area contributed by atoms with Crippen LogP contribution < -0.4 is 5.73 Å². The second kappa shape index (κ2) is 2.83. The molecule has 3 nitrogen and oxygen atoms in total. The molecule has 0 radical (unpaired) electrons. The lowest BCUT2D eigenvalue weighted by molar-refractivity contribution is 0.874. The molecule has 0 fully saturated rings. The summed E-state index contributed by atoms with van der Waals surface area (Å²) in [7, 11) is 0. The van der Waals surface area contributed by atoms with Gasteiger partial charge in [-0.2, -0.15) is 5.26 Å². The van der Waals surface area contributed by atoms with E-state index in [2.05, 4.69) is 6.07 Å². The first kappa shape index (κ1) is 7.69. The van der Waals surface area contributed by atoms with Crippen LogP contribution in [0.4, 0.5) is 5.69 Å². The minimum absolute atomic E-state index is 0.382. The third kappa shape index (κ3) is 1.23. The van der Waals surface area contributed by atoms with Crippen molar-refractivity contribution in [1.29, 1.82) is 5.26 Å². The Morgan fingerprint density at radius 2 is 2.23 bits per heavy atom. The molecule has 64 valence electrons. The van der Waals surface area contributed by atoms with Crippen molar-refractivity contribution in [1.82, 2.24) is 4.57 Å². The van der Waals surface area contributed by atoms with Gasteiger partial charge in [-0.1, -0.05) is 0 Å². The lowest BCUT2D eigenvalue weighted by atomic mass is 10.2. The molecule has 0 amide bonds. The van der Waals surface area contributed by atoms with Gasteiger partial charge in [0.1, 0.15) is 6.54 Å². The Balaban J connectivity index is 2.63. The van der Waals surface area contributed by atoms with Gasteiger partial charge in [-0.3, -0.25) is 0 Å². The van der Waals surface area contributed by atoms with Crippen LogP contribution in [0.3, 0.4) is 0 Å². The molecule has 0 aliphatic carbocycles. The Morgan fingerprint density at radius 1 is 1.38 bits per heavy atom. The number of anilines is 1. The van der Waals surface area contributed by atoms with Crippen molar-refractivity contribution >= 4 is 16.6 Å². The molecular formula is C10H9N3. The molecule has 0 saturated heterocycles. The maximum absolute atomic E-state index is 8.56. The van der Waals surface area contributed by atoms with E-state index in [1.807, 2.05) is 35.0 Å². The van der Waals surface area contributed by atoms with E-state index in [0.29, 0.717) is 6.54 Å². The molecule has 3 heteroatoms. The number of hydrogen-bond donors (Lipinski definition) is 1. The summed E-state index contributed by atoms with van der Waals surface area (Å²) < 4.78 is 1.90. The second-order valence-corrected chi connectivity index (χ2v) is 2.92. The average Bonchev–Trinajstić information content (AvgIpc) is 2.49. The number of nitrogens with zero attached hydrogens (tertiary/aromatic N) is 2. The maximum Gasteiger partial charge on any atom is 0.110 e. The van der Waals surface area contributed by atoms with Crippen molar-refractivity contribution in [2.75, 3.05) is 5.73 Å². The van der Waals surface area contributed by atoms with Crippen molar-refractivity contribution in [3.8, 4) is 6.07 Å². The first-order valence-corrected chi connectivity index (χ1v) is 4.02. The first-order chi connectivity index (χ1) is 6.31. The molecule has 0 aliphatic heterocycles. The fraction of sp³-hybridized carbons (Fsp3) is 0.100. The van der Waals surface area contributed by atoms with Gasteiger partial charge in [-0.15, -0.1) is 0 Å². The standard InChI is InChI=1S/C10H9N3/c11-4-6-13-5-3-8-7-9(12)1-2-10(8)13/h1-3,5,7H,6,12H2. The Labute approximate surface area is 76.0 Å². The van der Waals surface area contributed by atoms with Gasteiger partial charge >= 0.3 is 0 Å². The van der Waals surface area contributed by atoms with Gasteiger partial charge in [0.15, 0.2) is 0 Å². The molecule has 13 heavy (non-hydrogen) atoms. The smallest absolute Gasteiger partial charge is 0.110 e. The summed E-state index contributed by atoms with van der Waals surface area (Å²) in [5, 5.41) is 9.64. The summed E-state index contributed by atoms with van der Waals surface area (Å²) in [6.07, 6.45) is 1.90. The summed E-state index contributed by atoms with van der Waals surface area (Å²) in [6.45, 7) is 0.382. The Hall–Kier alpha value is -1.95. The Bertz CT molecular complexity index is 476. The zero-order chi connectivity index (χ0) is 9.26. The lowest BCUT2D eigenvalue weighted by Crippen LogP contribution is -1.92. The summed E-state index contributed by atoms with van der Waals surface area (Å²) in [4.78, 5) is 0.